The molecule has 0 aliphatic rings. The van der Waals surface area contributed by atoms with Gasteiger partial charge < -0.3 is 9.84 Å². The van der Waals surface area contributed by atoms with Crippen molar-refractivity contribution < 1.29 is 9.32 Å². The predicted octanol–water partition coefficient (Wildman–Crippen LogP) is 6.52. The van der Waals surface area contributed by atoms with Gasteiger partial charge >= 0.3 is 0 Å². The fourth-order valence-corrected chi connectivity index (χ4v) is 3.24. The van der Waals surface area contributed by atoms with Crippen LogP contribution in [0.15, 0.2) is 40.9 Å². The van der Waals surface area contributed by atoms with Crippen molar-refractivity contribution in [1.82, 2.24) is 5.16 Å². The molecule has 0 saturated heterocycles. The van der Waals surface area contributed by atoms with Gasteiger partial charge in [0.25, 0.3) is 5.91 Å². The lowest BCUT2D eigenvalue weighted by atomic mass is 10.1. The van der Waals surface area contributed by atoms with Crippen LogP contribution in [0.5, 0.6) is 0 Å². The van der Waals surface area contributed by atoms with Gasteiger partial charge in [0.15, 0.2) is 0 Å². The zero-order chi connectivity index (χ0) is 18.1. The van der Waals surface area contributed by atoms with Gasteiger partial charge in [-0.1, -0.05) is 63.7 Å². The molecule has 1 aromatic heterocycles. The van der Waals surface area contributed by atoms with E-state index in [0.717, 1.165) is 0 Å². The van der Waals surface area contributed by atoms with Gasteiger partial charge in [-0.05, 0) is 31.2 Å². The van der Waals surface area contributed by atoms with Crippen LogP contribution in [0, 0.1) is 6.92 Å². The lowest BCUT2D eigenvalue weighted by molar-refractivity contribution is 0.102. The van der Waals surface area contributed by atoms with Crippen LogP contribution in [-0.4, -0.2) is 11.1 Å². The third kappa shape index (κ3) is 3.48. The first kappa shape index (κ1) is 18.1. The minimum atomic E-state index is -0.464. The molecule has 25 heavy (non-hydrogen) atoms. The molecule has 0 atom stereocenters. The van der Waals surface area contributed by atoms with E-state index in [1.807, 2.05) is 0 Å². The van der Waals surface area contributed by atoms with Gasteiger partial charge in [0.2, 0.25) is 0 Å². The molecule has 0 spiro atoms. The van der Waals surface area contributed by atoms with E-state index >= 15 is 0 Å². The second kappa shape index (κ2) is 7.26. The summed E-state index contributed by atoms with van der Waals surface area (Å²) < 4.78 is 5.19. The van der Waals surface area contributed by atoms with Gasteiger partial charge in [-0.2, -0.15) is 0 Å². The number of rotatable bonds is 3. The van der Waals surface area contributed by atoms with Gasteiger partial charge in [0.1, 0.15) is 17.0 Å². The van der Waals surface area contributed by atoms with Crippen LogP contribution >= 0.6 is 46.4 Å². The molecule has 1 N–H and O–H groups in total. The first-order valence-electron chi connectivity index (χ1n) is 7.06. The Hall–Kier alpha value is -1.72. The fraction of sp³-hybridized carbons (Fsp3) is 0.0588. The van der Waals surface area contributed by atoms with Gasteiger partial charge in [0.05, 0.1) is 25.8 Å². The molecule has 2 aromatic carbocycles. The van der Waals surface area contributed by atoms with Crippen LogP contribution in [-0.2, 0) is 0 Å². The Morgan fingerprint density at radius 3 is 2.28 bits per heavy atom. The Morgan fingerprint density at radius 2 is 1.60 bits per heavy atom. The molecule has 3 aromatic rings. The van der Waals surface area contributed by atoms with Gasteiger partial charge in [-0.3, -0.25) is 4.79 Å². The summed E-state index contributed by atoms with van der Waals surface area (Å²) in [6.45, 7) is 1.62. The van der Waals surface area contributed by atoms with E-state index < -0.39 is 5.91 Å². The number of amides is 1. The molecular formula is C17H10Cl4N2O2. The molecule has 0 unspecified atom stereocenters. The number of anilines is 1. The second-order valence-electron chi connectivity index (χ2n) is 5.11. The summed E-state index contributed by atoms with van der Waals surface area (Å²) in [5.41, 5.74) is 1.26. The van der Waals surface area contributed by atoms with Crippen molar-refractivity contribution in [3.63, 3.8) is 0 Å². The second-order valence-corrected chi connectivity index (χ2v) is 6.71. The largest absolute Gasteiger partial charge is 0.360 e. The number of aryl methyl sites for hydroxylation is 1. The van der Waals surface area contributed by atoms with Crippen LogP contribution in [0.2, 0.25) is 20.1 Å². The van der Waals surface area contributed by atoms with Crippen molar-refractivity contribution >= 4 is 58.0 Å². The maximum Gasteiger partial charge on any atom is 0.261 e. The Morgan fingerprint density at radius 1 is 1.00 bits per heavy atom. The molecule has 0 aliphatic carbocycles. The van der Waals surface area contributed by atoms with Crippen molar-refractivity contribution in [3.8, 4) is 11.3 Å². The topological polar surface area (TPSA) is 55.1 Å². The van der Waals surface area contributed by atoms with E-state index in [2.05, 4.69) is 10.5 Å². The highest BCUT2D eigenvalue weighted by molar-refractivity contribution is 6.44. The maximum atomic E-state index is 12.8. The van der Waals surface area contributed by atoms with Crippen LogP contribution in [0.4, 0.5) is 5.69 Å². The van der Waals surface area contributed by atoms with Gasteiger partial charge in [-0.25, -0.2) is 0 Å². The average molecular weight is 416 g/mol. The molecule has 0 bridgehead atoms. The minimum absolute atomic E-state index is 0.214. The summed E-state index contributed by atoms with van der Waals surface area (Å²) in [4.78, 5) is 12.8. The van der Waals surface area contributed by atoms with Crippen molar-refractivity contribution in [2.45, 2.75) is 6.92 Å². The zero-order valence-electron chi connectivity index (χ0n) is 12.7. The zero-order valence-corrected chi connectivity index (χ0v) is 15.8. The Labute approximate surface area is 163 Å². The number of benzene rings is 2. The Bertz CT molecular complexity index is 949. The lowest BCUT2D eigenvalue weighted by Gasteiger charge is -2.09. The summed E-state index contributed by atoms with van der Waals surface area (Å²) in [6, 6.07) is 9.95. The Kier molecular flexibility index (Phi) is 5.25. The van der Waals surface area contributed by atoms with E-state index in [4.69, 9.17) is 50.9 Å². The van der Waals surface area contributed by atoms with Gasteiger partial charge in [0, 0.05) is 5.56 Å². The molecule has 0 fully saturated rings. The summed E-state index contributed by atoms with van der Waals surface area (Å²) in [6.07, 6.45) is 0. The number of nitrogens with zero attached hydrogens (tertiary/aromatic N) is 1. The first-order valence-corrected chi connectivity index (χ1v) is 8.57. The number of hydrogen-bond acceptors (Lipinski definition) is 3. The van der Waals surface area contributed by atoms with Crippen molar-refractivity contribution in [3.05, 3.63) is 67.8 Å². The quantitative estimate of drug-likeness (QED) is 0.529. The first-order chi connectivity index (χ1) is 11.9. The summed E-state index contributed by atoms with van der Waals surface area (Å²) in [7, 11) is 0. The monoisotopic (exact) mass is 414 g/mol. The molecule has 1 amide bonds. The van der Waals surface area contributed by atoms with Crippen molar-refractivity contribution in [2.24, 2.45) is 0 Å². The molecule has 0 saturated carbocycles. The molecule has 3 rings (SSSR count). The third-order valence-corrected chi connectivity index (χ3v) is 4.94. The Balaban J connectivity index is 2.05. The minimum Gasteiger partial charge on any atom is -0.360 e. The van der Waals surface area contributed by atoms with Crippen LogP contribution in [0.3, 0.4) is 0 Å². The summed E-state index contributed by atoms with van der Waals surface area (Å²) in [5, 5.41) is 7.93. The molecule has 128 valence electrons. The number of aromatic nitrogens is 1. The smallest absolute Gasteiger partial charge is 0.261 e. The normalized spacial score (nSPS) is 10.8. The standard InChI is InChI=1S/C17H10Cl4N2O2/c1-8-13(17(24)22-12-7-3-6-11(20)15(12)21)16(23-25-8)14-9(18)4-2-5-10(14)19/h2-7H,1H3,(H,22,24). The predicted molar refractivity (Wildman–Crippen MR) is 101 cm³/mol. The molecule has 8 heteroatoms. The number of carbonyl (C=O) groups excluding carboxylic acids is 1. The van der Waals surface area contributed by atoms with E-state index in [1.54, 1.807) is 43.3 Å². The van der Waals surface area contributed by atoms with Crippen LogP contribution in [0.1, 0.15) is 16.1 Å². The van der Waals surface area contributed by atoms with Crippen LogP contribution in [0.25, 0.3) is 11.3 Å². The average Bonchev–Trinajstić information content (AvgIpc) is 2.93. The number of nitrogens with one attached hydrogen (secondary N) is 1. The maximum absolute atomic E-state index is 12.8. The molecule has 0 aliphatic heterocycles. The number of carbonyl (C=O) groups is 1. The highest BCUT2D eigenvalue weighted by Gasteiger charge is 2.25. The van der Waals surface area contributed by atoms with E-state index in [0.29, 0.717) is 32.1 Å². The van der Waals surface area contributed by atoms with E-state index in [-0.39, 0.29) is 16.3 Å². The van der Waals surface area contributed by atoms with Gasteiger partial charge in [-0.15, -0.1) is 0 Å². The highest BCUT2D eigenvalue weighted by atomic mass is 35.5. The molecular weight excluding hydrogens is 406 g/mol. The fourth-order valence-electron chi connectivity index (χ4n) is 2.32. The number of hydrogen-bond donors (Lipinski definition) is 1. The summed E-state index contributed by atoms with van der Waals surface area (Å²) in [5.74, 6) is -0.143. The number of halogens is 4. The van der Waals surface area contributed by atoms with E-state index in [9.17, 15) is 4.79 Å². The summed E-state index contributed by atoms with van der Waals surface area (Å²) >= 11 is 24.5. The van der Waals surface area contributed by atoms with Crippen molar-refractivity contribution in [1.29, 1.82) is 0 Å². The third-order valence-electron chi connectivity index (χ3n) is 3.49. The highest BCUT2D eigenvalue weighted by Crippen LogP contribution is 2.37. The molecule has 0 radical (unpaired) electrons. The lowest BCUT2D eigenvalue weighted by Crippen LogP contribution is -2.14. The van der Waals surface area contributed by atoms with Crippen molar-refractivity contribution in [2.75, 3.05) is 5.32 Å². The SMILES string of the molecule is Cc1onc(-c2c(Cl)cccc2Cl)c1C(=O)Nc1cccc(Cl)c1Cl. The van der Waals surface area contributed by atoms with E-state index in [1.165, 1.54) is 0 Å². The molecule has 4 nitrogen and oxygen atoms in total. The van der Waals surface area contributed by atoms with Crippen LogP contribution < -0.4 is 5.32 Å². The molecule has 1 heterocycles.